The Morgan fingerprint density at radius 1 is 0.356 bits per heavy atom. The number of aromatic nitrogens is 3. The highest BCUT2D eigenvalue weighted by Gasteiger charge is 2.18. The molecular formula is C41H25N3O. The molecule has 9 aromatic rings. The lowest BCUT2D eigenvalue weighted by atomic mass is 9.99. The maximum Gasteiger partial charge on any atom is 0.164 e. The summed E-state index contributed by atoms with van der Waals surface area (Å²) in [7, 11) is 0. The molecule has 0 N–H and O–H groups in total. The monoisotopic (exact) mass is 575 g/mol. The Hall–Kier alpha value is -6.13. The Morgan fingerprint density at radius 3 is 1.87 bits per heavy atom. The van der Waals surface area contributed by atoms with Crippen LogP contribution >= 0.6 is 0 Å². The number of nitrogens with zero attached hydrogens (tertiary/aromatic N) is 3. The van der Waals surface area contributed by atoms with Gasteiger partial charge in [0.15, 0.2) is 17.5 Å². The smallest absolute Gasteiger partial charge is 0.164 e. The molecule has 0 aliphatic heterocycles. The molecule has 0 saturated heterocycles. The van der Waals surface area contributed by atoms with E-state index in [1.165, 1.54) is 16.2 Å². The molecule has 0 bridgehead atoms. The van der Waals surface area contributed by atoms with Crippen molar-refractivity contribution in [3.8, 4) is 45.3 Å². The van der Waals surface area contributed by atoms with E-state index in [2.05, 4.69) is 103 Å². The Labute approximate surface area is 259 Å². The highest BCUT2D eigenvalue weighted by atomic mass is 16.3. The van der Waals surface area contributed by atoms with Crippen LogP contribution in [0.4, 0.5) is 0 Å². The summed E-state index contributed by atoms with van der Waals surface area (Å²) < 4.78 is 6.35. The first-order valence-electron chi connectivity index (χ1n) is 15.0. The fraction of sp³-hybridized carbons (Fsp3) is 0. The van der Waals surface area contributed by atoms with Gasteiger partial charge in [-0.2, -0.15) is 0 Å². The summed E-state index contributed by atoms with van der Waals surface area (Å²) in [5.41, 5.74) is 6.70. The molecule has 2 heterocycles. The molecule has 2 aromatic heterocycles. The van der Waals surface area contributed by atoms with Gasteiger partial charge in [0.05, 0.1) is 0 Å². The van der Waals surface area contributed by atoms with E-state index in [0.717, 1.165) is 55.1 Å². The van der Waals surface area contributed by atoms with Gasteiger partial charge in [0.2, 0.25) is 0 Å². The van der Waals surface area contributed by atoms with E-state index in [4.69, 9.17) is 19.4 Å². The molecule has 0 aliphatic carbocycles. The predicted molar refractivity (Wildman–Crippen MR) is 184 cm³/mol. The molecule has 9 rings (SSSR count). The van der Waals surface area contributed by atoms with E-state index in [0.29, 0.717) is 17.5 Å². The van der Waals surface area contributed by atoms with Crippen molar-refractivity contribution in [3.05, 3.63) is 152 Å². The normalized spacial score (nSPS) is 11.6. The molecule has 4 nitrogen and oxygen atoms in total. The Morgan fingerprint density at radius 2 is 1.02 bits per heavy atom. The van der Waals surface area contributed by atoms with Gasteiger partial charge in [0.25, 0.3) is 0 Å². The van der Waals surface area contributed by atoms with Gasteiger partial charge in [-0.05, 0) is 56.9 Å². The minimum absolute atomic E-state index is 0.607. The third-order valence-corrected chi connectivity index (χ3v) is 8.51. The van der Waals surface area contributed by atoms with Crippen LogP contribution in [0, 0.1) is 0 Å². The molecule has 0 atom stereocenters. The molecule has 45 heavy (non-hydrogen) atoms. The van der Waals surface area contributed by atoms with Crippen LogP contribution in [0.2, 0.25) is 0 Å². The van der Waals surface area contributed by atoms with Crippen LogP contribution in [-0.4, -0.2) is 15.0 Å². The Bertz CT molecular complexity index is 2540. The number of benzene rings is 7. The Kier molecular flexibility index (Phi) is 5.78. The maximum atomic E-state index is 6.35. The average Bonchev–Trinajstić information content (AvgIpc) is 3.50. The van der Waals surface area contributed by atoms with Crippen molar-refractivity contribution in [1.82, 2.24) is 15.0 Å². The van der Waals surface area contributed by atoms with Gasteiger partial charge in [0.1, 0.15) is 11.2 Å². The quantitative estimate of drug-likeness (QED) is 0.196. The topological polar surface area (TPSA) is 51.8 Å². The van der Waals surface area contributed by atoms with Crippen molar-refractivity contribution in [2.75, 3.05) is 0 Å². The van der Waals surface area contributed by atoms with Gasteiger partial charge in [0, 0.05) is 27.5 Å². The first-order valence-corrected chi connectivity index (χ1v) is 15.0. The van der Waals surface area contributed by atoms with Gasteiger partial charge in [-0.1, -0.05) is 127 Å². The summed E-state index contributed by atoms with van der Waals surface area (Å²) in [4.78, 5) is 15.2. The Balaban J connectivity index is 1.27. The van der Waals surface area contributed by atoms with E-state index in [-0.39, 0.29) is 0 Å². The van der Waals surface area contributed by atoms with Crippen LogP contribution in [0.3, 0.4) is 0 Å². The largest absolute Gasteiger partial charge is 0.456 e. The lowest BCUT2D eigenvalue weighted by Gasteiger charge is -2.10. The van der Waals surface area contributed by atoms with Crippen molar-refractivity contribution in [1.29, 1.82) is 0 Å². The van der Waals surface area contributed by atoms with Crippen LogP contribution in [0.25, 0.3) is 88.8 Å². The van der Waals surface area contributed by atoms with Crippen LogP contribution in [0.15, 0.2) is 156 Å². The minimum atomic E-state index is 0.607. The van der Waals surface area contributed by atoms with Crippen LogP contribution in [0.5, 0.6) is 0 Å². The lowest BCUT2D eigenvalue weighted by molar-refractivity contribution is 0.669. The summed E-state index contributed by atoms with van der Waals surface area (Å²) >= 11 is 0. The van der Waals surface area contributed by atoms with Crippen LogP contribution < -0.4 is 0 Å². The van der Waals surface area contributed by atoms with Gasteiger partial charge in [-0.25, -0.2) is 15.0 Å². The fourth-order valence-electron chi connectivity index (χ4n) is 6.32. The van der Waals surface area contributed by atoms with Crippen LogP contribution in [0.1, 0.15) is 0 Å². The molecule has 0 radical (unpaired) electrons. The summed E-state index contributed by atoms with van der Waals surface area (Å²) in [6.07, 6.45) is 0. The summed E-state index contributed by atoms with van der Waals surface area (Å²) in [5, 5.41) is 6.83. The molecule has 7 aromatic carbocycles. The number of furan rings is 1. The van der Waals surface area contributed by atoms with E-state index in [1.54, 1.807) is 0 Å². The second-order valence-electron chi connectivity index (χ2n) is 11.3. The highest BCUT2D eigenvalue weighted by Crippen LogP contribution is 2.38. The highest BCUT2D eigenvalue weighted by molar-refractivity contribution is 6.13. The zero-order valence-corrected chi connectivity index (χ0v) is 24.2. The number of hydrogen-bond donors (Lipinski definition) is 0. The van der Waals surface area contributed by atoms with E-state index in [1.807, 2.05) is 48.5 Å². The van der Waals surface area contributed by atoms with Crippen molar-refractivity contribution < 1.29 is 4.42 Å². The van der Waals surface area contributed by atoms with Gasteiger partial charge in [-0.15, -0.1) is 0 Å². The molecule has 4 heteroatoms. The van der Waals surface area contributed by atoms with Crippen molar-refractivity contribution in [3.63, 3.8) is 0 Å². The number of hydrogen-bond acceptors (Lipinski definition) is 4. The zero-order chi connectivity index (χ0) is 29.7. The van der Waals surface area contributed by atoms with Crippen molar-refractivity contribution in [2.24, 2.45) is 0 Å². The molecular weight excluding hydrogens is 550 g/mol. The van der Waals surface area contributed by atoms with E-state index < -0.39 is 0 Å². The SMILES string of the molecule is c1ccc(-c2ccc3oc4cccc(-c5nc(-c6ccccc6)nc(-c6ccc7c(ccc8ccccc87)c6)n5)c4c3c2)cc1. The number of rotatable bonds is 4. The van der Waals surface area contributed by atoms with Gasteiger partial charge < -0.3 is 4.42 Å². The van der Waals surface area contributed by atoms with Gasteiger partial charge >= 0.3 is 0 Å². The van der Waals surface area contributed by atoms with Gasteiger partial charge in [-0.3, -0.25) is 0 Å². The average molecular weight is 576 g/mol. The molecule has 0 amide bonds. The predicted octanol–water partition coefficient (Wildman–Crippen LogP) is 10.7. The maximum absolute atomic E-state index is 6.35. The third-order valence-electron chi connectivity index (χ3n) is 8.51. The molecule has 0 saturated carbocycles. The molecule has 0 spiro atoms. The van der Waals surface area contributed by atoms with Crippen molar-refractivity contribution in [2.45, 2.75) is 0 Å². The number of fused-ring (bicyclic) bond motifs is 6. The fourth-order valence-corrected chi connectivity index (χ4v) is 6.32. The van der Waals surface area contributed by atoms with E-state index in [9.17, 15) is 0 Å². The molecule has 210 valence electrons. The minimum Gasteiger partial charge on any atom is -0.456 e. The second-order valence-corrected chi connectivity index (χ2v) is 11.3. The first kappa shape index (κ1) is 25.4. The molecule has 0 aliphatic rings. The first-order chi connectivity index (χ1) is 22.3. The molecule has 0 unspecified atom stereocenters. The second kappa shape index (κ2) is 10.2. The third kappa shape index (κ3) is 4.35. The van der Waals surface area contributed by atoms with Crippen molar-refractivity contribution >= 4 is 43.5 Å². The molecule has 0 fully saturated rings. The standard InChI is InChI=1S/C41H25N3O/c1-3-10-26(11-4-1)29-21-23-36-35(25-29)38-34(16-9-17-37(38)45-36)41-43-39(28-13-5-2-6-14-28)42-40(44-41)31-20-22-33-30(24-31)19-18-27-12-7-8-15-32(27)33/h1-25H. The summed E-state index contributed by atoms with van der Waals surface area (Å²) in [6, 6.07) is 52.2. The summed E-state index contributed by atoms with van der Waals surface area (Å²) in [6.45, 7) is 0. The zero-order valence-electron chi connectivity index (χ0n) is 24.2. The van der Waals surface area contributed by atoms with E-state index >= 15 is 0 Å². The lowest BCUT2D eigenvalue weighted by Crippen LogP contribution is -2.00. The van der Waals surface area contributed by atoms with Crippen LogP contribution in [-0.2, 0) is 0 Å². The summed E-state index contributed by atoms with van der Waals surface area (Å²) in [5.74, 6) is 1.86.